The van der Waals surface area contributed by atoms with Gasteiger partial charge in [0.2, 0.25) is 0 Å². The van der Waals surface area contributed by atoms with Crippen molar-refractivity contribution in [2.45, 2.75) is 26.3 Å². The van der Waals surface area contributed by atoms with Gasteiger partial charge in [-0.3, -0.25) is 4.98 Å². The molecule has 0 aliphatic carbocycles. The molecule has 0 radical (unpaired) electrons. The van der Waals surface area contributed by atoms with Crippen LogP contribution >= 0.6 is 27.3 Å². The van der Waals surface area contributed by atoms with Crippen LogP contribution in [0.25, 0.3) is 0 Å². The smallest absolute Gasteiger partial charge is 0.137 e. The van der Waals surface area contributed by atoms with E-state index >= 15 is 0 Å². The van der Waals surface area contributed by atoms with Gasteiger partial charge in [-0.1, -0.05) is 13.8 Å². The van der Waals surface area contributed by atoms with Crippen LogP contribution in [0.4, 0.5) is 0 Å². The third-order valence-electron chi connectivity index (χ3n) is 2.83. The molecule has 2 rings (SSSR count). The average molecular weight is 355 g/mol. The van der Waals surface area contributed by atoms with Crippen molar-refractivity contribution in [3.63, 3.8) is 0 Å². The Balaban J connectivity index is 2.24. The Bertz CT molecular complexity index is 544. The van der Waals surface area contributed by atoms with Gasteiger partial charge in [0.15, 0.2) is 0 Å². The molecule has 3 nitrogen and oxygen atoms in total. The molecule has 0 amide bonds. The zero-order valence-electron chi connectivity index (χ0n) is 11.7. The Morgan fingerprint density at radius 1 is 1.35 bits per heavy atom. The highest BCUT2D eigenvalue weighted by Crippen LogP contribution is 2.32. The molecule has 0 fully saturated rings. The predicted molar refractivity (Wildman–Crippen MR) is 87.6 cm³/mol. The van der Waals surface area contributed by atoms with Crippen molar-refractivity contribution in [1.82, 2.24) is 10.3 Å². The van der Waals surface area contributed by atoms with E-state index in [1.807, 2.05) is 6.20 Å². The highest BCUT2D eigenvalue weighted by molar-refractivity contribution is 9.11. The summed E-state index contributed by atoms with van der Waals surface area (Å²) in [7, 11) is 0. The van der Waals surface area contributed by atoms with Crippen molar-refractivity contribution in [3.8, 4) is 5.75 Å². The summed E-state index contributed by atoms with van der Waals surface area (Å²) in [4.78, 5) is 5.57. The number of rotatable bonds is 7. The van der Waals surface area contributed by atoms with Crippen molar-refractivity contribution in [2.24, 2.45) is 0 Å². The summed E-state index contributed by atoms with van der Waals surface area (Å²) in [6.07, 6.45) is 4.67. The number of pyridine rings is 1. The molecule has 5 heteroatoms. The number of ether oxygens (including phenoxy) is 1. The van der Waals surface area contributed by atoms with Crippen LogP contribution in [0.1, 0.15) is 36.8 Å². The number of hydrogen-bond donors (Lipinski definition) is 1. The first kappa shape index (κ1) is 15.5. The van der Waals surface area contributed by atoms with Gasteiger partial charge in [0, 0.05) is 11.1 Å². The molecule has 0 saturated heterocycles. The van der Waals surface area contributed by atoms with E-state index < -0.39 is 0 Å². The first-order valence-electron chi connectivity index (χ1n) is 6.81. The van der Waals surface area contributed by atoms with Gasteiger partial charge in [-0.2, -0.15) is 0 Å². The van der Waals surface area contributed by atoms with E-state index in [1.54, 1.807) is 17.5 Å². The topological polar surface area (TPSA) is 34.1 Å². The molecule has 0 aliphatic rings. The lowest BCUT2D eigenvalue weighted by Crippen LogP contribution is -2.21. The summed E-state index contributed by atoms with van der Waals surface area (Å²) in [6, 6.07) is 6.45. The van der Waals surface area contributed by atoms with Crippen molar-refractivity contribution < 1.29 is 4.74 Å². The van der Waals surface area contributed by atoms with Gasteiger partial charge >= 0.3 is 0 Å². The Labute approximate surface area is 132 Å². The van der Waals surface area contributed by atoms with Crippen LogP contribution in [0.2, 0.25) is 0 Å². The molecule has 0 bridgehead atoms. The summed E-state index contributed by atoms with van der Waals surface area (Å²) >= 11 is 5.26. The van der Waals surface area contributed by atoms with E-state index in [4.69, 9.17) is 4.74 Å². The molecule has 2 aromatic heterocycles. The third-order valence-corrected chi connectivity index (χ3v) is 4.52. The minimum Gasteiger partial charge on any atom is -0.492 e. The molecule has 0 aliphatic heterocycles. The average Bonchev–Trinajstić information content (AvgIpc) is 2.89. The van der Waals surface area contributed by atoms with Gasteiger partial charge in [0.05, 0.1) is 22.6 Å². The van der Waals surface area contributed by atoms with Crippen LogP contribution in [0.15, 0.2) is 34.4 Å². The van der Waals surface area contributed by atoms with Crippen molar-refractivity contribution in [3.05, 3.63) is 44.8 Å². The summed E-state index contributed by atoms with van der Waals surface area (Å²) in [5.41, 5.74) is 1.13. The maximum atomic E-state index is 5.67. The fourth-order valence-corrected chi connectivity index (χ4v) is 3.49. The van der Waals surface area contributed by atoms with Crippen molar-refractivity contribution in [1.29, 1.82) is 0 Å². The van der Waals surface area contributed by atoms with Gasteiger partial charge in [-0.05, 0) is 52.7 Å². The van der Waals surface area contributed by atoms with E-state index in [1.165, 1.54) is 4.88 Å². The second-order valence-corrected chi connectivity index (χ2v) is 6.93. The van der Waals surface area contributed by atoms with Crippen LogP contribution in [0.5, 0.6) is 5.75 Å². The molecule has 1 unspecified atom stereocenters. The van der Waals surface area contributed by atoms with Crippen LogP contribution in [0.3, 0.4) is 0 Å². The van der Waals surface area contributed by atoms with Gasteiger partial charge < -0.3 is 10.1 Å². The summed E-state index contributed by atoms with van der Waals surface area (Å²) < 4.78 is 6.81. The van der Waals surface area contributed by atoms with E-state index in [2.05, 4.69) is 58.3 Å². The number of nitrogens with zero attached hydrogens (tertiary/aromatic N) is 1. The molecular weight excluding hydrogens is 336 g/mol. The van der Waals surface area contributed by atoms with Gasteiger partial charge in [0.1, 0.15) is 5.75 Å². The minimum absolute atomic E-state index is 0.161. The van der Waals surface area contributed by atoms with Gasteiger partial charge in [-0.15, -0.1) is 11.3 Å². The molecule has 1 N–H and O–H groups in total. The zero-order chi connectivity index (χ0) is 14.4. The molecule has 0 spiro atoms. The molecule has 0 aromatic carbocycles. The second-order valence-electron chi connectivity index (χ2n) is 4.44. The molecule has 2 aromatic rings. The molecule has 2 heterocycles. The quantitative estimate of drug-likeness (QED) is 0.800. The van der Waals surface area contributed by atoms with E-state index in [-0.39, 0.29) is 6.04 Å². The number of thiophene rings is 1. The van der Waals surface area contributed by atoms with Gasteiger partial charge in [-0.25, -0.2) is 0 Å². The van der Waals surface area contributed by atoms with Crippen molar-refractivity contribution >= 4 is 27.3 Å². The molecule has 20 heavy (non-hydrogen) atoms. The fourth-order valence-electron chi connectivity index (χ4n) is 1.96. The monoisotopic (exact) mass is 354 g/mol. The highest BCUT2D eigenvalue weighted by Gasteiger charge is 2.16. The predicted octanol–water partition coefficient (Wildman–Crippen LogP) is 4.39. The number of nitrogens with one attached hydrogen (secondary N) is 1. The molecule has 0 saturated carbocycles. The first-order valence-corrected chi connectivity index (χ1v) is 8.42. The zero-order valence-corrected chi connectivity index (χ0v) is 14.1. The summed E-state index contributed by atoms with van der Waals surface area (Å²) in [5.74, 6) is 0.836. The highest BCUT2D eigenvalue weighted by atomic mass is 79.9. The third kappa shape index (κ3) is 4.04. The Morgan fingerprint density at radius 3 is 2.85 bits per heavy atom. The van der Waals surface area contributed by atoms with E-state index in [0.29, 0.717) is 0 Å². The first-order chi connectivity index (χ1) is 9.74. The summed E-state index contributed by atoms with van der Waals surface area (Å²) in [6.45, 7) is 5.84. The normalized spacial score (nSPS) is 12.3. The van der Waals surface area contributed by atoms with Crippen LogP contribution < -0.4 is 10.1 Å². The second kappa shape index (κ2) is 7.76. The van der Waals surface area contributed by atoms with E-state index in [9.17, 15) is 0 Å². The Hall–Kier alpha value is -0.910. The SMILES string of the molecule is CCCOc1cncc(C(NCC)c2ccc(Br)s2)c1. The molecular formula is C15H19BrN2OS. The number of aromatic nitrogens is 1. The molecule has 1 atom stereocenters. The lowest BCUT2D eigenvalue weighted by atomic mass is 10.1. The largest absolute Gasteiger partial charge is 0.492 e. The van der Waals surface area contributed by atoms with Crippen LogP contribution in [-0.2, 0) is 0 Å². The summed E-state index contributed by atoms with van der Waals surface area (Å²) in [5, 5.41) is 3.51. The minimum atomic E-state index is 0.161. The van der Waals surface area contributed by atoms with Crippen LogP contribution in [0, 0.1) is 0 Å². The maximum Gasteiger partial charge on any atom is 0.137 e. The Kier molecular flexibility index (Phi) is 6.01. The van der Waals surface area contributed by atoms with Crippen LogP contribution in [-0.4, -0.2) is 18.1 Å². The van der Waals surface area contributed by atoms with E-state index in [0.717, 1.165) is 34.7 Å². The molecule has 108 valence electrons. The number of halogens is 1. The lowest BCUT2D eigenvalue weighted by molar-refractivity contribution is 0.315. The Morgan fingerprint density at radius 2 is 2.20 bits per heavy atom. The van der Waals surface area contributed by atoms with Gasteiger partial charge in [0.25, 0.3) is 0 Å². The van der Waals surface area contributed by atoms with Crippen molar-refractivity contribution in [2.75, 3.05) is 13.2 Å². The maximum absolute atomic E-state index is 5.67. The standard InChI is InChI=1S/C15H19BrN2OS/c1-3-7-19-12-8-11(9-17-10-12)15(18-4-2)13-5-6-14(16)20-13/h5-6,8-10,15,18H,3-4,7H2,1-2H3. The fraction of sp³-hybridized carbons (Fsp3) is 0.400. The lowest BCUT2D eigenvalue weighted by Gasteiger charge is -2.17. The number of hydrogen-bond acceptors (Lipinski definition) is 4.